The van der Waals surface area contributed by atoms with Gasteiger partial charge in [0.1, 0.15) is 11.6 Å². The minimum Gasteiger partial charge on any atom is -0.494 e. The van der Waals surface area contributed by atoms with Crippen LogP contribution < -0.4 is 20.5 Å². The van der Waals surface area contributed by atoms with E-state index in [4.69, 9.17) is 9.47 Å². The van der Waals surface area contributed by atoms with Gasteiger partial charge in [0, 0.05) is 42.9 Å². The molecule has 2 N–H and O–H groups in total. The Hall–Kier alpha value is -3.39. The Morgan fingerprint density at radius 2 is 2.03 bits per heavy atom. The molecule has 29 heavy (non-hydrogen) atoms. The molecule has 8 heteroatoms. The third-order valence-electron chi connectivity index (χ3n) is 4.94. The molecule has 3 heterocycles. The van der Waals surface area contributed by atoms with Crippen LogP contribution in [-0.2, 0) is 18.0 Å². The lowest BCUT2D eigenvalue weighted by molar-refractivity contribution is 0.102. The number of nitrogens with zero attached hydrogens (tertiary/aromatic N) is 2. The van der Waals surface area contributed by atoms with E-state index >= 15 is 0 Å². The van der Waals surface area contributed by atoms with Crippen molar-refractivity contribution in [2.45, 2.75) is 20.1 Å². The maximum absolute atomic E-state index is 13.1. The maximum atomic E-state index is 13.1. The number of carbonyl (C=O) groups is 1. The van der Waals surface area contributed by atoms with E-state index in [0.29, 0.717) is 41.5 Å². The summed E-state index contributed by atoms with van der Waals surface area (Å²) in [5.41, 5.74) is 4.01. The highest BCUT2D eigenvalue weighted by Gasteiger charge is 2.22. The van der Waals surface area contributed by atoms with Gasteiger partial charge in [0.25, 0.3) is 5.91 Å². The summed E-state index contributed by atoms with van der Waals surface area (Å²) in [7, 11) is 5.22. The number of carbonyl (C=O) groups excluding carboxylic acids is 1. The van der Waals surface area contributed by atoms with Gasteiger partial charge in [-0.15, -0.1) is 0 Å². The van der Waals surface area contributed by atoms with Gasteiger partial charge in [0.05, 0.1) is 37.1 Å². The zero-order valence-electron chi connectivity index (χ0n) is 16.8. The number of benzene rings is 1. The first kappa shape index (κ1) is 18.9. The molecule has 0 bridgehead atoms. The summed E-state index contributed by atoms with van der Waals surface area (Å²) < 4.78 is 10.9. The second-order valence-corrected chi connectivity index (χ2v) is 7.22. The number of nitrogens with one attached hydrogen (secondary N) is 2. The van der Waals surface area contributed by atoms with Crippen LogP contribution in [0, 0.1) is 6.92 Å². The number of methoxy groups -OCH3 is 1. The van der Waals surface area contributed by atoms with Crippen LogP contribution in [0.4, 0.5) is 11.5 Å². The highest BCUT2D eigenvalue weighted by Crippen LogP contribution is 2.31. The number of rotatable bonds is 4. The zero-order chi connectivity index (χ0) is 20.7. The van der Waals surface area contributed by atoms with E-state index in [1.54, 1.807) is 6.07 Å². The highest BCUT2D eigenvalue weighted by molar-refractivity contribution is 6.08. The molecule has 1 amide bonds. The van der Waals surface area contributed by atoms with Crippen LogP contribution in [0.3, 0.4) is 0 Å². The average Bonchev–Trinajstić information content (AvgIpc) is 3.14. The summed E-state index contributed by atoms with van der Waals surface area (Å²) in [6.07, 6.45) is 0. The van der Waals surface area contributed by atoms with Gasteiger partial charge in [-0.1, -0.05) is 0 Å². The van der Waals surface area contributed by atoms with Crippen LogP contribution in [0.25, 0.3) is 10.9 Å². The Bertz CT molecular complexity index is 1180. The van der Waals surface area contributed by atoms with Gasteiger partial charge >= 0.3 is 0 Å². The quantitative estimate of drug-likeness (QED) is 0.706. The van der Waals surface area contributed by atoms with Crippen molar-refractivity contribution in [3.63, 3.8) is 0 Å². The lowest BCUT2D eigenvalue weighted by Crippen LogP contribution is -2.21. The predicted octanol–water partition coefficient (Wildman–Crippen LogP) is 2.59. The predicted molar refractivity (Wildman–Crippen MR) is 111 cm³/mol. The summed E-state index contributed by atoms with van der Waals surface area (Å²) in [5.74, 6) is 0.784. The van der Waals surface area contributed by atoms with E-state index in [2.05, 4.69) is 15.3 Å². The van der Waals surface area contributed by atoms with Crippen molar-refractivity contribution in [1.82, 2.24) is 9.97 Å². The van der Waals surface area contributed by atoms with E-state index in [1.807, 2.05) is 38.1 Å². The fourth-order valence-corrected chi connectivity index (χ4v) is 3.52. The topological polar surface area (TPSA) is 96.5 Å². The van der Waals surface area contributed by atoms with Crippen LogP contribution in [0.15, 0.2) is 29.1 Å². The molecule has 0 spiro atoms. The third kappa shape index (κ3) is 3.42. The monoisotopic (exact) mass is 394 g/mol. The van der Waals surface area contributed by atoms with Crippen molar-refractivity contribution < 1.29 is 14.3 Å². The van der Waals surface area contributed by atoms with Gasteiger partial charge in [-0.3, -0.25) is 9.59 Å². The number of hydrogen-bond donors (Lipinski definition) is 2. The van der Waals surface area contributed by atoms with E-state index < -0.39 is 0 Å². The Balaban J connectivity index is 1.76. The first-order valence-electron chi connectivity index (χ1n) is 9.18. The molecule has 0 atom stereocenters. The van der Waals surface area contributed by atoms with Crippen LogP contribution in [0.1, 0.15) is 27.2 Å². The second kappa shape index (κ2) is 7.21. The van der Waals surface area contributed by atoms with Gasteiger partial charge in [-0.05, 0) is 24.6 Å². The number of aromatic nitrogens is 2. The summed E-state index contributed by atoms with van der Waals surface area (Å²) in [6, 6.07) is 6.86. The second-order valence-electron chi connectivity index (χ2n) is 7.22. The molecular weight excluding hydrogens is 372 g/mol. The largest absolute Gasteiger partial charge is 0.494 e. The first-order chi connectivity index (χ1) is 13.9. The van der Waals surface area contributed by atoms with Crippen molar-refractivity contribution >= 4 is 28.3 Å². The Labute approximate surface area is 167 Å². The third-order valence-corrected chi connectivity index (χ3v) is 4.94. The molecule has 3 aromatic rings. The maximum Gasteiger partial charge on any atom is 0.259 e. The van der Waals surface area contributed by atoms with Crippen molar-refractivity contribution in [3.8, 4) is 5.75 Å². The van der Waals surface area contributed by atoms with E-state index in [9.17, 15) is 9.59 Å². The number of aryl methyl sites for hydroxylation is 1. The zero-order valence-corrected chi connectivity index (χ0v) is 16.8. The smallest absolute Gasteiger partial charge is 0.259 e. The summed E-state index contributed by atoms with van der Waals surface area (Å²) in [4.78, 5) is 34.1. The molecule has 0 fully saturated rings. The number of amides is 1. The van der Waals surface area contributed by atoms with Gasteiger partial charge in [0.2, 0.25) is 5.56 Å². The summed E-state index contributed by atoms with van der Waals surface area (Å²) >= 11 is 0. The lowest BCUT2D eigenvalue weighted by atomic mass is 10.1. The van der Waals surface area contributed by atoms with Crippen molar-refractivity contribution in [1.29, 1.82) is 0 Å². The molecule has 0 unspecified atom stereocenters. The average molecular weight is 394 g/mol. The Morgan fingerprint density at radius 3 is 2.76 bits per heavy atom. The molecule has 1 aliphatic heterocycles. The van der Waals surface area contributed by atoms with E-state index in [0.717, 1.165) is 22.2 Å². The molecule has 150 valence electrons. The number of aromatic amines is 1. The van der Waals surface area contributed by atoms with Crippen molar-refractivity contribution in [2.24, 2.45) is 0 Å². The Morgan fingerprint density at radius 1 is 1.24 bits per heavy atom. The number of pyridine rings is 2. The summed E-state index contributed by atoms with van der Waals surface area (Å²) in [6.45, 7) is 2.75. The van der Waals surface area contributed by atoms with Crippen molar-refractivity contribution in [3.05, 3.63) is 57.0 Å². The molecule has 1 aromatic carbocycles. The minimum atomic E-state index is -0.278. The molecule has 4 rings (SSSR count). The first-order valence-corrected chi connectivity index (χ1v) is 9.18. The number of anilines is 2. The van der Waals surface area contributed by atoms with Crippen LogP contribution in [0.5, 0.6) is 5.75 Å². The molecular formula is C21H22N4O4. The van der Waals surface area contributed by atoms with Crippen LogP contribution >= 0.6 is 0 Å². The normalized spacial score (nSPS) is 12.7. The Kier molecular flexibility index (Phi) is 4.71. The van der Waals surface area contributed by atoms with E-state index in [-0.39, 0.29) is 11.5 Å². The molecule has 1 aliphatic rings. The number of H-pyrrole nitrogens is 1. The van der Waals surface area contributed by atoms with Crippen molar-refractivity contribution in [2.75, 3.05) is 31.4 Å². The number of hydrogen-bond acceptors (Lipinski definition) is 6. The van der Waals surface area contributed by atoms with Crippen LogP contribution in [0.2, 0.25) is 0 Å². The summed E-state index contributed by atoms with van der Waals surface area (Å²) in [5, 5.41) is 3.73. The van der Waals surface area contributed by atoms with Gasteiger partial charge in [-0.2, -0.15) is 0 Å². The standard InChI is InChI=1S/C21H22N4O4/c1-11-5-18(26)24-19-14(11)7-13(8-17(19)28-4)22-21(27)15-6-12-9-29-10-16(12)23-20(15)25(2)3/h5-8H,9-10H2,1-4H3,(H,22,27)(H,24,26). The van der Waals surface area contributed by atoms with Gasteiger partial charge < -0.3 is 24.7 Å². The van der Waals surface area contributed by atoms with Gasteiger partial charge in [-0.25, -0.2) is 4.98 Å². The molecule has 0 saturated heterocycles. The highest BCUT2D eigenvalue weighted by atomic mass is 16.5. The molecule has 0 radical (unpaired) electrons. The number of fused-ring (bicyclic) bond motifs is 2. The van der Waals surface area contributed by atoms with Crippen LogP contribution in [-0.4, -0.2) is 37.1 Å². The molecule has 0 saturated carbocycles. The molecule has 2 aromatic heterocycles. The number of ether oxygens (including phenoxy) is 2. The van der Waals surface area contributed by atoms with E-state index in [1.165, 1.54) is 13.2 Å². The van der Waals surface area contributed by atoms with Gasteiger partial charge in [0.15, 0.2) is 0 Å². The molecule has 0 aliphatic carbocycles. The fourth-order valence-electron chi connectivity index (χ4n) is 3.52. The fraction of sp³-hybridized carbons (Fsp3) is 0.286. The lowest BCUT2D eigenvalue weighted by Gasteiger charge is -2.18. The molecule has 8 nitrogen and oxygen atoms in total. The SMILES string of the molecule is COc1cc(NC(=O)c2cc3c(nc2N(C)C)COC3)cc2c(C)cc(=O)[nH]c12. The minimum absolute atomic E-state index is 0.202.